The first-order chi connectivity index (χ1) is 5.24. The lowest BCUT2D eigenvalue weighted by molar-refractivity contribution is 0.979. The number of rotatable bonds is 2. The molecule has 0 bridgehead atoms. The van der Waals surface area contributed by atoms with Gasteiger partial charge in [0.15, 0.2) is 0 Å². The SMILES string of the molecule is CNNc1cc(C)ccc1C. The number of nitrogens with one attached hydrogen (secondary N) is 2. The van der Waals surface area contributed by atoms with Crippen molar-refractivity contribution >= 4 is 5.69 Å². The van der Waals surface area contributed by atoms with E-state index < -0.39 is 0 Å². The highest BCUT2D eigenvalue weighted by Crippen LogP contribution is 2.14. The van der Waals surface area contributed by atoms with Crippen LogP contribution in [0.5, 0.6) is 0 Å². The maximum Gasteiger partial charge on any atom is 0.0519 e. The summed E-state index contributed by atoms with van der Waals surface area (Å²) in [7, 11) is 1.86. The van der Waals surface area contributed by atoms with Crippen LogP contribution in [0.15, 0.2) is 18.2 Å². The third-order valence-corrected chi connectivity index (χ3v) is 1.65. The molecule has 0 spiro atoms. The van der Waals surface area contributed by atoms with Crippen molar-refractivity contribution in [3.05, 3.63) is 29.3 Å². The molecule has 0 aliphatic heterocycles. The molecular formula is C9H14N2. The van der Waals surface area contributed by atoms with Gasteiger partial charge in [0, 0.05) is 7.05 Å². The lowest BCUT2D eigenvalue weighted by Gasteiger charge is -2.07. The van der Waals surface area contributed by atoms with Crippen LogP contribution in [0.4, 0.5) is 5.69 Å². The monoisotopic (exact) mass is 150 g/mol. The van der Waals surface area contributed by atoms with Crippen LogP contribution in [0.3, 0.4) is 0 Å². The van der Waals surface area contributed by atoms with E-state index in [2.05, 4.69) is 42.9 Å². The molecule has 0 fully saturated rings. The van der Waals surface area contributed by atoms with E-state index >= 15 is 0 Å². The summed E-state index contributed by atoms with van der Waals surface area (Å²) < 4.78 is 0. The molecule has 1 aromatic rings. The molecule has 2 N–H and O–H groups in total. The fraction of sp³-hybridized carbons (Fsp3) is 0.333. The van der Waals surface area contributed by atoms with Crippen LogP contribution in [-0.4, -0.2) is 7.05 Å². The van der Waals surface area contributed by atoms with Crippen LogP contribution in [0.25, 0.3) is 0 Å². The van der Waals surface area contributed by atoms with Crippen LogP contribution in [0.1, 0.15) is 11.1 Å². The summed E-state index contributed by atoms with van der Waals surface area (Å²) in [5.74, 6) is 0. The number of benzene rings is 1. The first-order valence-electron chi connectivity index (χ1n) is 3.74. The summed E-state index contributed by atoms with van der Waals surface area (Å²) in [6, 6.07) is 6.33. The average molecular weight is 150 g/mol. The van der Waals surface area contributed by atoms with Crippen molar-refractivity contribution in [2.24, 2.45) is 0 Å². The normalized spacial score (nSPS) is 9.73. The van der Waals surface area contributed by atoms with Gasteiger partial charge in [-0.3, -0.25) is 0 Å². The van der Waals surface area contributed by atoms with Gasteiger partial charge in [-0.05, 0) is 31.0 Å². The van der Waals surface area contributed by atoms with E-state index in [1.165, 1.54) is 11.1 Å². The van der Waals surface area contributed by atoms with Crippen LogP contribution in [-0.2, 0) is 0 Å². The Morgan fingerprint density at radius 2 is 1.91 bits per heavy atom. The van der Waals surface area contributed by atoms with Crippen LogP contribution in [0, 0.1) is 13.8 Å². The van der Waals surface area contributed by atoms with E-state index in [9.17, 15) is 0 Å². The fourth-order valence-corrected chi connectivity index (χ4v) is 1.01. The average Bonchev–Trinajstić information content (AvgIpc) is 1.98. The summed E-state index contributed by atoms with van der Waals surface area (Å²) in [5.41, 5.74) is 9.64. The molecule has 0 saturated carbocycles. The van der Waals surface area contributed by atoms with Crippen molar-refractivity contribution in [2.45, 2.75) is 13.8 Å². The van der Waals surface area contributed by atoms with E-state index in [4.69, 9.17) is 0 Å². The number of aryl methyl sites for hydroxylation is 2. The fourth-order valence-electron chi connectivity index (χ4n) is 1.01. The number of hydrogen-bond acceptors (Lipinski definition) is 2. The Morgan fingerprint density at radius 1 is 1.18 bits per heavy atom. The predicted octanol–water partition coefficient (Wildman–Crippen LogP) is 1.85. The lowest BCUT2D eigenvalue weighted by atomic mass is 10.1. The Kier molecular flexibility index (Phi) is 2.49. The molecule has 60 valence electrons. The molecule has 0 unspecified atom stereocenters. The van der Waals surface area contributed by atoms with Gasteiger partial charge in [0.2, 0.25) is 0 Å². The highest BCUT2D eigenvalue weighted by Gasteiger charge is 1.94. The molecule has 0 aliphatic rings. The molecule has 2 heteroatoms. The predicted molar refractivity (Wildman–Crippen MR) is 48.6 cm³/mol. The van der Waals surface area contributed by atoms with Crippen molar-refractivity contribution < 1.29 is 0 Å². The summed E-state index contributed by atoms with van der Waals surface area (Å²) in [4.78, 5) is 0. The third-order valence-electron chi connectivity index (χ3n) is 1.65. The molecule has 0 atom stereocenters. The van der Waals surface area contributed by atoms with E-state index in [1.54, 1.807) is 0 Å². The zero-order chi connectivity index (χ0) is 8.27. The first-order valence-corrected chi connectivity index (χ1v) is 3.74. The second kappa shape index (κ2) is 3.39. The molecule has 1 aromatic carbocycles. The summed E-state index contributed by atoms with van der Waals surface area (Å²) in [6.45, 7) is 4.17. The van der Waals surface area contributed by atoms with Crippen molar-refractivity contribution in [1.82, 2.24) is 5.43 Å². The van der Waals surface area contributed by atoms with Gasteiger partial charge in [-0.2, -0.15) is 0 Å². The molecule has 0 radical (unpaired) electrons. The second-order valence-corrected chi connectivity index (χ2v) is 2.69. The highest BCUT2D eigenvalue weighted by atomic mass is 15.3. The Balaban J connectivity index is 2.93. The van der Waals surface area contributed by atoms with Gasteiger partial charge in [-0.15, -0.1) is 0 Å². The van der Waals surface area contributed by atoms with Gasteiger partial charge in [-0.1, -0.05) is 12.1 Å². The van der Waals surface area contributed by atoms with Crippen LogP contribution >= 0.6 is 0 Å². The molecule has 1 rings (SSSR count). The molecule has 0 heterocycles. The molecular weight excluding hydrogens is 136 g/mol. The molecule has 0 aliphatic carbocycles. The molecule has 11 heavy (non-hydrogen) atoms. The van der Waals surface area contributed by atoms with Gasteiger partial charge in [0.1, 0.15) is 0 Å². The Hall–Kier alpha value is -1.02. The minimum atomic E-state index is 1.15. The van der Waals surface area contributed by atoms with Crippen molar-refractivity contribution in [1.29, 1.82) is 0 Å². The molecule has 0 aromatic heterocycles. The van der Waals surface area contributed by atoms with Crippen molar-refractivity contribution in [3.63, 3.8) is 0 Å². The number of anilines is 1. The first kappa shape index (κ1) is 8.08. The zero-order valence-electron chi connectivity index (χ0n) is 7.23. The zero-order valence-corrected chi connectivity index (χ0v) is 7.23. The van der Waals surface area contributed by atoms with Gasteiger partial charge >= 0.3 is 0 Å². The second-order valence-electron chi connectivity index (χ2n) is 2.69. The number of hydrogen-bond donors (Lipinski definition) is 2. The van der Waals surface area contributed by atoms with Gasteiger partial charge in [0.05, 0.1) is 5.69 Å². The van der Waals surface area contributed by atoms with E-state index in [1.807, 2.05) is 7.05 Å². The largest absolute Gasteiger partial charge is 0.321 e. The molecule has 2 nitrogen and oxygen atoms in total. The smallest absolute Gasteiger partial charge is 0.0519 e. The highest BCUT2D eigenvalue weighted by molar-refractivity contribution is 5.51. The topological polar surface area (TPSA) is 24.1 Å². The third kappa shape index (κ3) is 1.95. The van der Waals surface area contributed by atoms with Crippen molar-refractivity contribution in [2.75, 3.05) is 12.5 Å². The molecule has 0 saturated heterocycles. The van der Waals surface area contributed by atoms with E-state index in [-0.39, 0.29) is 0 Å². The molecule has 0 amide bonds. The standard InChI is InChI=1S/C9H14N2/c1-7-4-5-8(2)9(6-7)11-10-3/h4-6,10-11H,1-3H3. The van der Waals surface area contributed by atoms with Gasteiger partial charge < -0.3 is 5.43 Å². The maximum atomic E-state index is 3.07. The minimum Gasteiger partial charge on any atom is -0.321 e. The minimum absolute atomic E-state index is 1.15. The van der Waals surface area contributed by atoms with Crippen LogP contribution in [0.2, 0.25) is 0 Å². The lowest BCUT2D eigenvalue weighted by Crippen LogP contribution is -2.15. The summed E-state index contributed by atoms with van der Waals surface area (Å²) in [6.07, 6.45) is 0. The summed E-state index contributed by atoms with van der Waals surface area (Å²) >= 11 is 0. The van der Waals surface area contributed by atoms with E-state index in [0.717, 1.165) is 5.69 Å². The van der Waals surface area contributed by atoms with Crippen molar-refractivity contribution in [3.8, 4) is 0 Å². The Morgan fingerprint density at radius 3 is 2.55 bits per heavy atom. The maximum absolute atomic E-state index is 3.07. The summed E-state index contributed by atoms with van der Waals surface area (Å²) in [5, 5.41) is 0. The van der Waals surface area contributed by atoms with Gasteiger partial charge in [-0.25, -0.2) is 5.43 Å². The van der Waals surface area contributed by atoms with Gasteiger partial charge in [0.25, 0.3) is 0 Å². The Bertz CT molecular complexity index is 243. The Labute approximate surface area is 67.6 Å². The van der Waals surface area contributed by atoms with E-state index in [0.29, 0.717) is 0 Å². The number of hydrazine groups is 1. The quantitative estimate of drug-likeness (QED) is 0.629. The van der Waals surface area contributed by atoms with Crippen LogP contribution < -0.4 is 10.9 Å².